The molecule has 0 aliphatic rings. The van der Waals surface area contributed by atoms with Gasteiger partial charge in [0.1, 0.15) is 18.0 Å². The third-order valence-corrected chi connectivity index (χ3v) is 5.23. The van der Waals surface area contributed by atoms with E-state index in [4.69, 9.17) is 13.4 Å². The Kier molecular flexibility index (Phi) is 5.65. The number of anilines is 1. The minimum atomic E-state index is -0.397. The zero-order valence-corrected chi connectivity index (χ0v) is 18.2. The molecular weight excluding hydrogens is 436 g/mol. The van der Waals surface area contributed by atoms with Crippen molar-refractivity contribution in [3.8, 4) is 11.5 Å². The molecule has 0 aliphatic heterocycles. The molecule has 0 atom stereocenters. The van der Waals surface area contributed by atoms with Crippen LogP contribution in [-0.4, -0.2) is 33.4 Å². The maximum Gasteiger partial charge on any atom is 0.259 e. The SMILES string of the molecule is Cc1noc2nc(-c3ccco3)cc(C(=O)N(CC(=O)Nc3ccccc3)Cc3ccco3)c12. The molecule has 0 spiro atoms. The number of nitrogens with one attached hydrogen (secondary N) is 1. The number of furan rings is 2. The molecule has 9 heteroatoms. The molecule has 1 aromatic carbocycles. The summed E-state index contributed by atoms with van der Waals surface area (Å²) < 4.78 is 16.3. The molecule has 0 radical (unpaired) electrons. The quantitative estimate of drug-likeness (QED) is 0.379. The summed E-state index contributed by atoms with van der Waals surface area (Å²) in [6.45, 7) is 1.63. The maximum absolute atomic E-state index is 13.8. The Morgan fingerprint density at radius 1 is 1.00 bits per heavy atom. The van der Waals surface area contributed by atoms with E-state index in [1.807, 2.05) is 18.2 Å². The lowest BCUT2D eigenvalue weighted by Crippen LogP contribution is -2.37. The van der Waals surface area contributed by atoms with Crippen molar-refractivity contribution >= 4 is 28.6 Å². The van der Waals surface area contributed by atoms with Crippen LogP contribution in [0, 0.1) is 6.92 Å². The van der Waals surface area contributed by atoms with Gasteiger partial charge in [0.05, 0.1) is 35.7 Å². The smallest absolute Gasteiger partial charge is 0.259 e. The van der Waals surface area contributed by atoms with Crippen LogP contribution in [0.3, 0.4) is 0 Å². The largest absolute Gasteiger partial charge is 0.467 e. The first-order valence-corrected chi connectivity index (χ1v) is 10.6. The van der Waals surface area contributed by atoms with Gasteiger partial charge in [0, 0.05) is 5.69 Å². The van der Waals surface area contributed by atoms with Gasteiger partial charge in [-0.2, -0.15) is 0 Å². The number of amides is 2. The van der Waals surface area contributed by atoms with E-state index in [0.29, 0.717) is 39.5 Å². The van der Waals surface area contributed by atoms with Gasteiger partial charge >= 0.3 is 0 Å². The van der Waals surface area contributed by atoms with Crippen LogP contribution < -0.4 is 5.32 Å². The van der Waals surface area contributed by atoms with Crippen molar-refractivity contribution in [2.75, 3.05) is 11.9 Å². The molecule has 2 amide bonds. The average molecular weight is 456 g/mol. The molecule has 5 rings (SSSR count). The Labute approximate surface area is 194 Å². The number of carbonyl (C=O) groups is 2. The highest BCUT2D eigenvalue weighted by Gasteiger charge is 2.26. The molecule has 4 heterocycles. The number of fused-ring (bicyclic) bond motifs is 1. The Balaban J connectivity index is 1.51. The molecule has 4 aromatic heterocycles. The summed E-state index contributed by atoms with van der Waals surface area (Å²) in [5, 5.41) is 7.27. The molecule has 0 bridgehead atoms. The van der Waals surface area contributed by atoms with Gasteiger partial charge in [0.2, 0.25) is 5.91 Å². The fourth-order valence-corrected chi connectivity index (χ4v) is 3.67. The number of rotatable bonds is 7. The zero-order valence-electron chi connectivity index (χ0n) is 18.2. The molecule has 1 N–H and O–H groups in total. The van der Waals surface area contributed by atoms with Crippen molar-refractivity contribution < 1.29 is 22.9 Å². The van der Waals surface area contributed by atoms with Crippen molar-refractivity contribution in [3.05, 3.63) is 90.2 Å². The van der Waals surface area contributed by atoms with E-state index < -0.39 is 5.91 Å². The Morgan fingerprint density at radius 3 is 2.53 bits per heavy atom. The predicted octanol–water partition coefficient (Wildman–Crippen LogP) is 4.67. The van der Waals surface area contributed by atoms with Crippen LogP contribution in [-0.2, 0) is 11.3 Å². The predicted molar refractivity (Wildman–Crippen MR) is 123 cm³/mol. The van der Waals surface area contributed by atoms with Gasteiger partial charge in [-0.15, -0.1) is 0 Å². The second kappa shape index (κ2) is 9.07. The van der Waals surface area contributed by atoms with Crippen LogP contribution in [0.5, 0.6) is 0 Å². The lowest BCUT2D eigenvalue weighted by molar-refractivity contribution is -0.117. The van der Waals surface area contributed by atoms with E-state index in [1.54, 1.807) is 49.4 Å². The standard InChI is InChI=1S/C25H20N4O5/c1-16-23-19(13-20(21-10-6-12-33-21)27-24(23)34-28-16)25(31)29(14-18-9-5-11-32-18)15-22(30)26-17-7-3-2-4-8-17/h2-13H,14-15H2,1H3,(H,26,30). The molecule has 34 heavy (non-hydrogen) atoms. The number of aryl methyl sites for hydroxylation is 1. The van der Waals surface area contributed by atoms with E-state index in [2.05, 4.69) is 15.5 Å². The number of para-hydroxylation sites is 1. The molecule has 0 saturated heterocycles. The van der Waals surface area contributed by atoms with Gasteiger partial charge in [-0.05, 0) is 49.4 Å². The molecule has 9 nitrogen and oxygen atoms in total. The minimum absolute atomic E-state index is 0.0955. The van der Waals surface area contributed by atoms with Crippen molar-refractivity contribution in [2.24, 2.45) is 0 Å². The van der Waals surface area contributed by atoms with Gasteiger partial charge in [-0.3, -0.25) is 9.59 Å². The first-order chi connectivity index (χ1) is 16.6. The highest BCUT2D eigenvalue weighted by Crippen LogP contribution is 2.28. The number of pyridine rings is 1. The van der Waals surface area contributed by atoms with Crippen LogP contribution in [0.1, 0.15) is 21.8 Å². The van der Waals surface area contributed by atoms with E-state index in [0.717, 1.165) is 0 Å². The van der Waals surface area contributed by atoms with Crippen LogP contribution in [0.15, 0.2) is 86.5 Å². The monoisotopic (exact) mass is 456 g/mol. The third-order valence-electron chi connectivity index (χ3n) is 5.23. The molecular formula is C25H20N4O5. The fourth-order valence-electron chi connectivity index (χ4n) is 3.67. The van der Waals surface area contributed by atoms with Gasteiger partial charge < -0.3 is 23.6 Å². The van der Waals surface area contributed by atoms with E-state index in [-0.39, 0.29) is 24.7 Å². The lowest BCUT2D eigenvalue weighted by Gasteiger charge is -2.22. The second-order valence-electron chi connectivity index (χ2n) is 7.64. The average Bonchev–Trinajstić information content (AvgIpc) is 3.61. The normalized spacial score (nSPS) is 11.0. The molecule has 170 valence electrons. The zero-order chi connectivity index (χ0) is 23.5. The summed E-state index contributed by atoms with van der Waals surface area (Å²) in [6, 6.07) is 17.6. The molecule has 0 fully saturated rings. The van der Waals surface area contributed by atoms with E-state index in [9.17, 15) is 9.59 Å². The van der Waals surface area contributed by atoms with Crippen LogP contribution in [0.2, 0.25) is 0 Å². The number of hydrogen-bond acceptors (Lipinski definition) is 7. The summed E-state index contributed by atoms with van der Waals surface area (Å²) in [6.07, 6.45) is 3.04. The van der Waals surface area contributed by atoms with Gasteiger partial charge in [-0.1, -0.05) is 23.4 Å². The Hall–Kier alpha value is -4.66. The summed E-state index contributed by atoms with van der Waals surface area (Å²) >= 11 is 0. The molecule has 0 unspecified atom stereocenters. The summed E-state index contributed by atoms with van der Waals surface area (Å²) in [7, 11) is 0. The third kappa shape index (κ3) is 4.31. The van der Waals surface area contributed by atoms with Crippen molar-refractivity contribution in [1.82, 2.24) is 15.0 Å². The number of hydrogen-bond donors (Lipinski definition) is 1. The minimum Gasteiger partial charge on any atom is -0.467 e. The van der Waals surface area contributed by atoms with Crippen molar-refractivity contribution in [2.45, 2.75) is 13.5 Å². The molecule has 0 saturated carbocycles. The summed E-state index contributed by atoms with van der Waals surface area (Å²) in [4.78, 5) is 32.5. The topological polar surface area (TPSA) is 115 Å². The van der Waals surface area contributed by atoms with Crippen LogP contribution in [0.4, 0.5) is 5.69 Å². The second-order valence-corrected chi connectivity index (χ2v) is 7.64. The molecule has 0 aliphatic carbocycles. The number of carbonyl (C=O) groups excluding carboxylic acids is 2. The number of nitrogens with zero attached hydrogens (tertiary/aromatic N) is 3. The van der Waals surface area contributed by atoms with Crippen molar-refractivity contribution in [1.29, 1.82) is 0 Å². The lowest BCUT2D eigenvalue weighted by atomic mass is 10.1. The number of benzene rings is 1. The van der Waals surface area contributed by atoms with Crippen LogP contribution in [0.25, 0.3) is 22.6 Å². The maximum atomic E-state index is 13.8. The fraction of sp³-hybridized carbons (Fsp3) is 0.120. The highest BCUT2D eigenvalue weighted by atomic mass is 16.5. The first kappa shape index (κ1) is 21.2. The van der Waals surface area contributed by atoms with E-state index >= 15 is 0 Å². The van der Waals surface area contributed by atoms with E-state index in [1.165, 1.54) is 17.4 Å². The Bertz CT molecular complexity index is 1420. The summed E-state index contributed by atoms with van der Waals surface area (Å²) in [5.74, 6) is 0.277. The first-order valence-electron chi connectivity index (χ1n) is 10.6. The van der Waals surface area contributed by atoms with Gasteiger partial charge in [-0.25, -0.2) is 4.98 Å². The Morgan fingerprint density at radius 2 is 1.79 bits per heavy atom. The summed E-state index contributed by atoms with van der Waals surface area (Å²) in [5.41, 5.74) is 2.09. The van der Waals surface area contributed by atoms with Crippen molar-refractivity contribution in [3.63, 3.8) is 0 Å². The van der Waals surface area contributed by atoms with Gasteiger partial charge in [0.15, 0.2) is 5.76 Å². The molecule has 5 aromatic rings. The van der Waals surface area contributed by atoms with Gasteiger partial charge in [0.25, 0.3) is 11.6 Å². The van der Waals surface area contributed by atoms with Crippen LogP contribution >= 0.6 is 0 Å². The highest BCUT2D eigenvalue weighted by molar-refractivity contribution is 6.08. The number of aromatic nitrogens is 2.